The summed E-state index contributed by atoms with van der Waals surface area (Å²) in [7, 11) is 3.83. The molecule has 2 atom stereocenters. The lowest BCUT2D eigenvalue weighted by atomic mass is 9.73. The van der Waals surface area contributed by atoms with Gasteiger partial charge in [0.1, 0.15) is 0 Å². The van der Waals surface area contributed by atoms with Crippen LogP contribution in [-0.2, 0) is 5.60 Å². The van der Waals surface area contributed by atoms with Crippen molar-refractivity contribution in [3.8, 4) is 5.88 Å². The zero-order valence-electron chi connectivity index (χ0n) is 12.6. The summed E-state index contributed by atoms with van der Waals surface area (Å²) in [5.41, 5.74) is 1.20. The Balaban J connectivity index is 1.91. The summed E-state index contributed by atoms with van der Waals surface area (Å²) in [6, 6.07) is 3.03. The third kappa shape index (κ3) is 2.21. The van der Waals surface area contributed by atoms with Crippen LogP contribution in [-0.4, -0.2) is 41.2 Å². The molecule has 2 unspecified atom stereocenters. The van der Waals surface area contributed by atoms with Gasteiger partial charge in [-0.05, 0) is 45.7 Å². The van der Waals surface area contributed by atoms with Gasteiger partial charge in [0.2, 0.25) is 5.88 Å². The first-order valence-corrected chi connectivity index (χ1v) is 7.49. The van der Waals surface area contributed by atoms with E-state index in [2.05, 4.69) is 16.9 Å². The molecule has 110 valence electrons. The van der Waals surface area contributed by atoms with E-state index in [-0.39, 0.29) is 0 Å². The van der Waals surface area contributed by atoms with Gasteiger partial charge in [-0.25, -0.2) is 4.98 Å². The predicted octanol–water partition coefficient (Wildman–Crippen LogP) is 2.23. The Hall–Kier alpha value is -1.13. The smallest absolute Gasteiger partial charge is 0.215 e. The molecule has 0 saturated carbocycles. The van der Waals surface area contributed by atoms with Gasteiger partial charge in [-0.2, -0.15) is 0 Å². The quantitative estimate of drug-likeness (QED) is 0.900. The van der Waals surface area contributed by atoms with Crippen LogP contribution < -0.4 is 4.74 Å². The molecule has 2 aliphatic rings. The minimum absolute atomic E-state index is 0.495. The molecule has 0 aromatic carbocycles. The molecule has 0 amide bonds. The van der Waals surface area contributed by atoms with Crippen LogP contribution in [0.2, 0.25) is 0 Å². The van der Waals surface area contributed by atoms with E-state index >= 15 is 0 Å². The molecule has 2 fully saturated rings. The molecule has 3 rings (SSSR count). The number of aryl methyl sites for hydroxylation is 1. The van der Waals surface area contributed by atoms with Crippen LogP contribution in [0.25, 0.3) is 0 Å². The summed E-state index contributed by atoms with van der Waals surface area (Å²) < 4.78 is 5.21. The van der Waals surface area contributed by atoms with Gasteiger partial charge in [0.05, 0.1) is 12.7 Å². The average molecular weight is 276 g/mol. The summed E-state index contributed by atoms with van der Waals surface area (Å²) in [4.78, 5) is 6.79. The lowest BCUT2D eigenvalue weighted by molar-refractivity contribution is -0.0876. The van der Waals surface area contributed by atoms with Crippen LogP contribution >= 0.6 is 0 Å². The summed E-state index contributed by atoms with van der Waals surface area (Å²) >= 11 is 0. The number of rotatable bonds is 2. The topological polar surface area (TPSA) is 45.6 Å². The molecule has 4 heteroatoms. The highest BCUT2D eigenvalue weighted by molar-refractivity contribution is 5.32. The maximum absolute atomic E-state index is 11.1. The summed E-state index contributed by atoms with van der Waals surface area (Å²) in [6.07, 6.45) is 7.08. The van der Waals surface area contributed by atoms with Crippen LogP contribution in [0.4, 0.5) is 0 Å². The van der Waals surface area contributed by atoms with Crippen LogP contribution in [0.5, 0.6) is 5.88 Å². The Morgan fingerprint density at radius 2 is 2.00 bits per heavy atom. The minimum atomic E-state index is -0.730. The third-order valence-electron chi connectivity index (χ3n) is 5.13. The van der Waals surface area contributed by atoms with Crippen molar-refractivity contribution in [3.05, 3.63) is 23.4 Å². The lowest BCUT2D eigenvalue weighted by Gasteiger charge is -2.50. The number of ether oxygens (including phenoxy) is 1. The molecule has 0 spiro atoms. The van der Waals surface area contributed by atoms with Gasteiger partial charge >= 0.3 is 0 Å². The van der Waals surface area contributed by atoms with Crippen molar-refractivity contribution in [2.75, 3.05) is 14.2 Å². The first kappa shape index (κ1) is 13.8. The SMILES string of the molecule is COc1ncc(C2(O)CC3CCCC(C2)N3C)cc1C. The van der Waals surface area contributed by atoms with Crippen molar-refractivity contribution in [2.24, 2.45) is 0 Å². The highest BCUT2D eigenvalue weighted by Gasteiger charge is 2.45. The zero-order chi connectivity index (χ0) is 14.3. The van der Waals surface area contributed by atoms with Crippen molar-refractivity contribution in [2.45, 2.75) is 56.7 Å². The van der Waals surface area contributed by atoms with Crippen LogP contribution in [0, 0.1) is 6.92 Å². The van der Waals surface area contributed by atoms with E-state index in [1.165, 1.54) is 19.3 Å². The molecule has 1 aromatic rings. The largest absolute Gasteiger partial charge is 0.481 e. The summed E-state index contributed by atoms with van der Waals surface area (Å²) in [6.45, 7) is 1.98. The molecule has 3 heterocycles. The van der Waals surface area contributed by atoms with Crippen molar-refractivity contribution >= 4 is 0 Å². The van der Waals surface area contributed by atoms with Crippen molar-refractivity contribution < 1.29 is 9.84 Å². The van der Waals surface area contributed by atoms with E-state index in [9.17, 15) is 5.11 Å². The van der Waals surface area contributed by atoms with Crippen LogP contribution in [0.1, 0.15) is 43.2 Å². The predicted molar refractivity (Wildman–Crippen MR) is 77.8 cm³/mol. The Morgan fingerprint density at radius 1 is 1.35 bits per heavy atom. The highest BCUT2D eigenvalue weighted by Crippen LogP contribution is 2.43. The second-order valence-electron chi connectivity index (χ2n) is 6.39. The van der Waals surface area contributed by atoms with Crippen molar-refractivity contribution in [1.82, 2.24) is 9.88 Å². The van der Waals surface area contributed by atoms with Crippen LogP contribution in [0.3, 0.4) is 0 Å². The Bertz CT molecular complexity index is 489. The van der Waals surface area contributed by atoms with Gasteiger partial charge < -0.3 is 14.7 Å². The average Bonchev–Trinajstić information content (AvgIpc) is 2.41. The van der Waals surface area contributed by atoms with Gasteiger partial charge in [0.15, 0.2) is 0 Å². The standard InChI is InChI=1S/C16H24N2O2/c1-11-7-12(10-17-15(11)20-3)16(19)8-13-5-4-6-14(9-16)18(13)2/h7,10,13-14,19H,4-6,8-9H2,1-3H3. The number of aromatic nitrogens is 1. The number of nitrogens with zero attached hydrogens (tertiary/aromatic N) is 2. The zero-order valence-corrected chi connectivity index (χ0v) is 12.6. The van der Waals surface area contributed by atoms with E-state index in [0.29, 0.717) is 18.0 Å². The van der Waals surface area contributed by atoms with E-state index in [0.717, 1.165) is 24.0 Å². The minimum Gasteiger partial charge on any atom is -0.481 e. The van der Waals surface area contributed by atoms with Gasteiger partial charge in [-0.3, -0.25) is 0 Å². The molecular weight excluding hydrogens is 252 g/mol. The molecule has 2 saturated heterocycles. The number of hydrogen-bond acceptors (Lipinski definition) is 4. The van der Waals surface area contributed by atoms with E-state index in [1.807, 2.05) is 13.0 Å². The first-order valence-electron chi connectivity index (χ1n) is 7.49. The van der Waals surface area contributed by atoms with E-state index in [1.54, 1.807) is 13.3 Å². The Labute approximate surface area is 120 Å². The van der Waals surface area contributed by atoms with Gasteiger partial charge in [-0.1, -0.05) is 6.42 Å². The molecule has 4 nitrogen and oxygen atoms in total. The summed E-state index contributed by atoms with van der Waals surface area (Å²) in [5, 5.41) is 11.1. The fourth-order valence-corrected chi connectivity index (χ4v) is 3.92. The Kier molecular flexibility index (Phi) is 3.46. The molecule has 0 radical (unpaired) electrons. The van der Waals surface area contributed by atoms with E-state index in [4.69, 9.17) is 4.74 Å². The number of methoxy groups -OCH3 is 1. The number of fused-ring (bicyclic) bond motifs is 2. The van der Waals surface area contributed by atoms with Gasteiger partial charge in [0, 0.05) is 29.4 Å². The number of pyridine rings is 1. The number of hydrogen-bond donors (Lipinski definition) is 1. The lowest BCUT2D eigenvalue weighted by Crippen LogP contribution is -2.55. The maximum Gasteiger partial charge on any atom is 0.215 e. The monoisotopic (exact) mass is 276 g/mol. The Morgan fingerprint density at radius 3 is 2.55 bits per heavy atom. The molecule has 2 aliphatic heterocycles. The molecule has 2 bridgehead atoms. The van der Waals surface area contributed by atoms with Crippen LogP contribution in [0.15, 0.2) is 12.3 Å². The van der Waals surface area contributed by atoms with Crippen molar-refractivity contribution in [3.63, 3.8) is 0 Å². The van der Waals surface area contributed by atoms with Gasteiger partial charge in [-0.15, -0.1) is 0 Å². The fraction of sp³-hybridized carbons (Fsp3) is 0.688. The molecule has 1 aromatic heterocycles. The summed E-state index contributed by atoms with van der Waals surface area (Å²) in [5.74, 6) is 0.644. The molecule has 1 N–H and O–H groups in total. The molecule has 0 aliphatic carbocycles. The van der Waals surface area contributed by atoms with E-state index < -0.39 is 5.60 Å². The highest BCUT2D eigenvalue weighted by atomic mass is 16.5. The second-order valence-corrected chi connectivity index (χ2v) is 6.39. The van der Waals surface area contributed by atoms with Gasteiger partial charge in [0.25, 0.3) is 0 Å². The number of piperidine rings is 2. The van der Waals surface area contributed by atoms with Crippen molar-refractivity contribution in [1.29, 1.82) is 0 Å². The first-order chi connectivity index (χ1) is 9.53. The fourth-order valence-electron chi connectivity index (χ4n) is 3.92. The number of aliphatic hydroxyl groups is 1. The second kappa shape index (κ2) is 5.01. The third-order valence-corrected chi connectivity index (χ3v) is 5.13. The normalized spacial score (nSPS) is 34.0. The maximum atomic E-state index is 11.1. The molecular formula is C16H24N2O2. The molecule has 20 heavy (non-hydrogen) atoms.